The van der Waals surface area contributed by atoms with Crippen molar-refractivity contribution in [1.82, 2.24) is 0 Å². The molecule has 0 saturated heterocycles. The normalized spacial score (nSPS) is 13.1. The lowest BCUT2D eigenvalue weighted by molar-refractivity contribution is 0.109. The summed E-state index contributed by atoms with van der Waals surface area (Å²) in [5.41, 5.74) is 0. The van der Waals surface area contributed by atoms with Crippen molar-refractivity contribution in [3.05, 3.63) is 0 Å². The molecule has 0 aliphatic rings. The van der Waals surface area contributed by atoms with Gasteiger partial charge in [-0.1, -0.05) is 0 Å². The van der Waals surface area contributed by atoms with Crippen molar-refractivity contribution in [3.8, 4) is 0 Å². The molecule has 0 aromatic heterocycles. The molecule has 0 amide bonds. The molecule has 0 atom stereocenters. The van der Waals surface area contributed by atoms with Crippen LogP contribution in [0.4, 0.5) is 0 Å². The molecule has 0 spiro atoms. The number of rotatable bonds is 9. The average Bonchev–Trinajstić information content (AvgIpc) is 2.35. The minimum absolute atomic E-state index is 0.0979. The minimum Gasteiger partial charge on any atom is -0.377 e. The maximum atomic E-state index is 11.5. The lowest BCUT2D eigenvalue weighted by atomic mass is 10.9. The van der Waals surface area contributed by atoms with Gasteiger partial charge in [0.1, 0.15) is 0 Å². The van der Waals surface area contributed by atoms with Crippen molar-refractivity contribution in [1.29, 1.82) is 0 Å². The van der Waals surface area contributed by atoms with Crippen LogP contribution in [0.15, 0.2) is 0 Å². The van der Waals surface area contributed by atoms with Gasteiger partial charge in [0.05, 0.1) is 6.61 Å². The summed E-state index contributed by atoms with van der Waals surface area (Å²) in [4.78, 5) is 0. The first-order chi connectivity index (χ1) is 7.51. The zero-order chi connectivity index (χ0) is 12.7. The third kappa shape index (κ3) is 4.60. The predicted molar refractivity (Wildman–Crippen MR) is 59.2 cm³/mol. The molecule has 0 aliphatic carbocycles. The maximum Gasteiger partial charge on any atom is 0.502 e. The number of hydrogen-bond acceptors (Lipinski definition) is 7. The Labute approximate surface area is 96.9 Å². The molecular weight excluding hydrogens is 255 g/mol. The molecule has 0 aromatic carbocycles. The molecule has 0 unspecified atom stereocenters. The fourth-order valence-corrected chi connectivity index (χ4v) is 3.33. The van der Waals surface area contributed by atoms with Gasteiger partial charge in [-0.2, -0.15) is 0 Å². The van der Waals surface area contributed by atoms with Crippen LogP contribution in [0.5, 0.6) is 0 Å². The molecule has 0 heterocycles. The quantitative estimate of drug-likeness (QED) is 0.463. The summed E-state index contributed by atoms with van der Waals surface area (Å²) in [6.45, 7) is 0.0979. The van der Waals surface area contributed by atoms with Gasteiger partial charge in [-0.3, -0.25) is 13.6 Å². The Hall–Kier alpha value is 0.207. The van der Waals surface area contributed by atoms with E-state index in [-0.39, 0.29) is 6.61 Å². The van der Waals surface area contributed by atoms with Crippen LogP contribution in [0, 0.1) is 0 Å². The smallest absolute Gasteiger partial charge is 0.377 e. The van der Waals surface area contributed by atoms with E-state index in [1.807, 2.05) is 0 Å². The van der Waals surface area contributed by atoms with Crippen molar-refractivity contribution in [2.45, 2.75) is 6.04 Å². The Balaban J connectivity index is 4.18. The fraction of sp³-hybridized carbons (Fsp3) is 1.00. The SMILES string of the molecule is CO[Si](CCOP(=O)(OC)OC)(OC)OC. The van der Waals surface area contributed by atoms with Gasteiger partial charge >= 0.3 is 16.6 Å². The third-order valence-corrected chi connectivity index (χ3v) is 6.11. The highest BCUT2D eigenvalue weighted by molar-refractivity contribution is 7.48. The standard InChI is InChI=1S/C7H19O7PSi/c1-9-15(8,10-2)14-6-7-16(11-3,12-4)13-5/h6-7H2,1-5H3. The summed E-state index contributed by atoms with van der Waals surface area (Å²) >= 11 is 0. The summed E-state index contributed by atoms with van der Waals surface area (Å²) in [5, 5.41) is 0. The van der Waals surface area contributed by atoms with Gasteiger partial charge in [-0.05, 0) is 0 Å². The van der Waals surface area contributed by atoms with Crippen LogP contribution < -0.4 is 0 Å². The average molecular weight is 274 g/mol. The van der Waals surface area contributed by atoms with Crippen LogP contribution in [0.3, 0.4) is 0 Å². The molecule has 9 heteroatoms. The highest BCUT2D eigenvalue weighted by Gasteiger charge is 2.38. The van der Waals surface area contributed by atoms with Gasteiger partial charge in [0, 0.05) is 41.6 Å². The molecular formula is C7H19O7PSi. The van der Waals surface area contributed by atoms with Crippen LogP contribution in [0.2, 0.25) is 6.04 Å². The lowest BCUT2D eigenvalue weighted by Gasteiger charge is -2.24. The van der Waals surface area contributed by atoms with E-state index in [1.165, 1.54) is 35.5 Å². The second-order valence-electron chi connectivity index (χ2n) is 2.69. The Bertz CT molecular complexity index is 217. The van der Waals surface area contributed by atoms with Crippen LogP contribution in [0.1, 0.15) is 0 Å². The second-order valence-corrected chi connectivity index (χ2v) is 7.66. The van der Waals surface area contributed by atoms with Crippen LogP contribution in [-0.4, -0.2) is 51.0 Å². The van der Waals surface area contributed by atoms with Crippen LogP contribution in [0.25, 0.3) is 0 Å². The minimum atomic E-state index is -3.44. The van der Waals surface area contributed by atoms with Crippen molar-refractivity contribution in [2.24, 2.45) is 0 Å². The number of phosphoric ester groups is 1. The molecule has 0 N–H and O–H groups in total. The van der Waals surface area contributed by atoms with Gasteiger partial charge in [-0.25, -0.2) is 4.57 Å². The van der Waals surface area contributed by atoms with Gasteiger partial charge in [0.25, 0.3) is 0 Å². The Kier molecular flexibility index (Phi) is 7.61. The molecule has 0 radical (unpaired) electrons. The third-order valence-electron chi connectivity index (χ3n) is 2.04. The molecule has 0 bridgehead atoms. The summed E-state index contributed by atoms with van der Waals surface area (Å²) < 4.78 is 41.2. The van der Waals surface area contributed by atoms with Gasteiger partial charge in [0.2, 0.25) is 0 Å². The first-order valence-corrected chi connectivity index (χ1v) is 7.92. The molecule has 98 valence electrons. The van der Waals surface area contributed by atoms with Crippen molar-refractivity contribution < 1.29 is 31.4 Å². The first kappa shape index (κ1) is 16.2. The Morgan fingerprint density at radius 2 is 1.38 bits per heavy atom. The fourth-order valence-electron chi connectivity index (χ4n) is 1.02. The largest absolute Gasteiger partial charge is 0.502 e. The van der Waals surface area contributed by atoms with Crippen molar-refractivity contribution >= 4 is 16.6 Å². The van der Waals surface area contributed by atoms with E-state index in [9.17, 15) is 4.57 Å². The first-order valence-electron chi connectivity index (χ1n) is 4.53. The van der Waals surface area contributed by atoms with E-state index in [0.29, 0.717) is 6.04 Å². The van der Waals surface area contributed by atoms with E-state index in [2.05, 4.69) is 9.05 Å². The summed E-state index contributed by atoms with van der Waals surface area (Å²) in [7, 11) is 0.827. The highest BCUT2D eigenvalue weighted by Crippen LogP contribution is 2.47. The predicted octanol–water partition coefficient (Wildman–Crippen LogP) is 1.28. The highest BCUT2D eigenvalue weighted by atomic mass is 31.2. The summed E-state index contributed by atoms with van der Waals surface area (Å²) in [5.74, 6) is 0. The van der Waals surface area contributed by atoms with E-state index in [4.69, 9.17) is 17.8 Å². The summed E-state index contributed by atoms with van der Waals surface area (Å²) in [6, 6.07) is 0.354. The van der Waals surface area contributed by atoms with Gasteiger partial charge in [-0.15, -0.1) is 0 Å². The van der Waals surface area contributed by atoms with E-state index >= 15 is 0 Å². The maximum absolute atomic E-state index is 11.5. The van der Waals surface area contributed by atoms with Crippen molar-refractivity contribution in [3.63, 3.8) is 0 Å². The lowest BCUT2D eigenvalue weighted by Crippen LogP contribution is -2.43. The van der Waals surface area contributed by atoms with Crippen molar-refractivity contribution in [2.75, 3.05) is 42.2 Å². The molecule has 0 aromatic rings. The Morgan fingerprint density at radius 1 is 0.938 bits per heavy atom. The molecule has 0 saturated carbocycles. The monoisotopic (exact) mass is 274 g/mol. The zero-order valence-electron chi connectivity index (χ0n) is 10.2. The molecule has 16 heavy (non-hydrogen) atoms. The van der Waals surface area contributed by atoms with E-state index in [1.54, 1.807) is 0 Å². The molecule has 0 rings (SSSR count). The van der Waals surface area contributed by atoms with Crippen LogP contribution in [-0.2, 0) is 31.4 Å². The van der Waals surface area contributed by atoms with Crippen LogP contribution >= 0.6 is 7.82 Å². The van der Waals surface area contributed by atoms with E-state index < -0.39 is 16.6 Å². The number of phosphoric acid groups is 1. The van der Waals surface area contributed by atoms with Gasteiger partial charge in [0.15, 0.2) is 0 Å². The second kappa shape index (κ2) is 7.52. The molecule has 0 aliphatic heterocycles. The number of hydrogen-bond donors (Lipinski definition) is 0. The summed E-state index contributed by atoms with van der Waals surface area (Å²) in [6.07, 6.45) is 0. The van der Waals surface area contributed by atoms with Gasteiger partial charge < -0.3 is 13.3 Å². The molecule has 0 fully saturated rings. The zero-order valence-corrected chi connectivity index (χ0v) is 12.1. The molecule has 7 nitrogen and oxygen atoms in total. The van der Waals surface area contributed by atoms with E-state index in [0.717, 1.165) is 0 Å². The Morgan fingerprint density at radius 3 is 1.69 bits per heavy atom. The topological polar surface area (TPSA) is 72.5 Å².